The normalized spacial score (nSPS) is 12.3. The van der Waals surface area contributed by atoms with Crippen LogP contribution in [-0.2, 0) is 15.0 Å². The molecule has 9 rings (SSSR count). The molecule has 0 N–H and O–H groups in total. The van der Waals surface area contributed by atoms with Crippen LogP contribution in [0.15, 0.2) is 183 Å². The Morgan fingerprint density at radius 2 is 0.770 bits per heavy atom. The number of rotatable bonds is 10. The van der Waals surface area contributed by atoms with Gasteiger partial charge in [-0.15, -0.1) is 0 Å². The predicted octanol–water partition coefficient (Wildman–Crippen LogP) is 14.0. The molecule has 0 atom stereocenters. The van der Waals surface area contributed by atoms with E-state index in [2.05, 4.69) is 172 Å². The zero-order valence-corrected chi connectivity index (χ0v) is 34.6. The van der Waals surface area contributed by atoms with Crippen LogP contribution in [0.3, 0.4) is 0 Å². The molecule has 0 saturated heterocycles. The van der Waals surface area contributed by atoms with E-state index in [0.717, 1.165) is 55.7 Å². The molecule has 1 aliphatic rings. The molecule has 6 heteroatoms. The van der Waals surface area contributed by atoms with Crippen molar-refractivity contribution in [1.29, 1.82) is 0 Å². The highest BCUT2D eigenvalue weighted by Crippen LogP contribution is 2.52. The fraction of sp³-hybridized carbons (Fsp3) is 0.0909. The number of benzene rings is 8. The number of esters is 2. The summed E-state index contributed by atoms with van der Waals surface area (Å²) in [5.41, 5.74) is 13.3. The third-order valence-corrected chi connectivity index (χ3v) is 11.6. The van der Waals surface area contributed by atoms with E-state index in [1.54, 1.807) is 0 Å². The highest BCUT2D eigenvalue weighted by molar-refractivity contribution is 5.94. The molecule has 0 spiro atoms. The predicted molar refractivity (Wildman–Crippen MR) is 250 cm³/mol. The van der Waals surface area contributed by atoms with Crippen molar-refractivity contribution in [2.24, 2.45) is 0 Å². The fourth-order valence-electron chi connectivity index (χ4n) is 8.42. The Morgan fingerprint density at radius 3 is 1.16 bits per heavy atom. The Morgan fingerprint density at radius 1 is 0.443 bits per heavy atom. The molecule has 0 aliphatic heterocycles. The average molecular weight is 797 g/mol. The number of nitrogens with zero attached hydrogens (tertiary/aromatic N) is 2. The summed E-state index contributed by atoms with van der Waals surface area (Å²) in [4.78, 5) is 28.4. The van der Waals surface area contributed by atoms with Crippen LogP contribution in [0.5, 0.6) is 11.5 Å². The maximum absolute atomic E-state index is 11.9. The monoisotopic (exact) mass is 796 g/mol. The van der Waals surface area contributed by atoms with E-state index in [0.29, 0.717) is 11.5 Å². The van der Waals surface area contributed by atoms with Crippen LogP contribution in [-0.4, -0.2) is 11.9 Å². The zero-order chi connectivity index (χ0) is 42.4. The largest absolute Gasteiger partial charge is 0.423 e. The first-order valence-electron chi connectivity index (χ1n) is 20.3. The molecule has 0 aromatic heterocycles. The van der Waals surface area contributed by atoms with E-state index in [9.17, 15) is 9.59 Å². The van der Waals surface area contributed by atoms with Gasteiger partial charge >= 0.3 is 11.9 Å². The van der Waals surface area contributed by atoms with Crippen molar-refractivity contribution in [2.75, 3.05) is 9.80 Å². The lowest BCUT2D eigenvalue weighted by Gasteiger charge is -2.29. The zero-order valence-electron chi connectivity index (χ0n) is 34.6. The van der Waals surface area contributed by atoms with Gasteiger partial charge in [0, 0.05) is 51.7 Å². The summed E-state index contributed by atoms with van der Waals surface area (Å²) in [6, 6.07) is 55.0. The van der Waals surface area contributed by atoms with Gasteiger partial charge in [-0.05, 0) is 155 Å². The molecule has 8 aromatic rings. The number of aryl methyl sites for hydroxylation is 2. The smallest absolute Gasteiger partial charge is 0.335 e. The molecule has 61 heavy (non-hydrogen) atoms. The fourth-order valence-corrected chi connectivity index (χ4v) is 8.42. The number of hydrogen-bond donors (Lipinski definition) is 0. The molecule has 0 unspecified atom stereocenters. The second-order valence-corrected chi connectivity index (χ2v) is 16.1. The first-order valence-corrected chi connectivity index (χ1v) is 20.3. The summed E-state index contributed by atoms with van der Waals surface area (Å²) in [5, 5.41) is 3.98. The summed E-state index contributed by atoms with van der Waals surface area (Å²) in [5.74, 6) is -0.0161. The molecule has 0 saturated carbocycles. The Kier molecular flexibility index (Phi) is 9.84. The van der Waals surface area contributed by atoms with E-state index in [1.165, 1.54) is 45.5 Å². The summed E-state index contributed by atoms with van der Waals surface area (Å²) in [6.07, 6.45) is 2.33. The summed E-state index contributed by atoms with van der Waals surface area (Å²) >= 11 is 0. The highest BCUT2D eigenvalue weighted by atomic mass is 16.5. The average Bonchev–Trinajstić information content (AvgIpc) is 3.49. The van der Waals surface area contributed by atoms with Crippen LogP contribution in [0.1, 0.15) is 36.1 Å². The summed E-state index contributed by atoms with van der Waals surface area (Å²) < 4.78 is 10.8. The standard InChI is InChI=1S/C55H44N2O4/c1-7-53(58)60-47-25-15-37-29-43(21-13-39(37)31-47)56(41-17-9-35(3)10-18-41)45-23-27-49-50-28-24-46(34-52(50)55(5,6)51(49)33-45)57(42-19-11-36(4)12-20-42)44-22-14-40-32-48(61-54(59)8-2)26-16-38(40)30-44/h7-34H,1-2H2,3-6H3. The minimum atomic E-state index is -0.487. The van der Waals surface area contributed by atoms with E-state index in [1.807, 2.05) is 36.4 Å². The number of carbonyl (C=O) groups is 2. The molecule has 0 bridgehead atoms. The van der Waals surface area contributed by atoms with Gasteiger partial charge in [-0.2, -0.15) is 0 Å². The number of anilines is 6. The molecule has 6 nitrogen and oxygen atoms in total. The first kappa shape index (κ1) is 38.8. The third kappa shape index (κ3) is 7.34. The topological polar surface area (TPSA) is 59.1 Å². The SMILES string of the molecule is C=CC(=O)Oc1ccc2cc(N(c3ccc(C)cc3)c3ccc4c(c3)C(C)(C)c3cc(N(c5ccc(C)cc5)c5ccc6cc(OC(=O)C=C)ccc6c5)ccc3-4)ccc2c1. The molecule has 8 aromatic carbocycles. The van der Waals surface area contributed by atoms with Gasteiger partial charge in [-0.1, -0.05) is 98.8 Å². The second-order valence-electron chi connectivity index (χ2n) is 16.1. The molecular formula is C55H44N2O4. The van der Waals surface area contributed by atoms with Gasteiger partial charge in [0.25, 0.3) is 0 Å². The Bertz CT molecular complexity index is 2850. The maximum atomic E-state index is 11.9. The summed E-state index contributed by atoms with van der Waals surface area (Å²) in [7, 11) is 0. The van der Waals surface area contributed by atoms with Gasteiger partial charge in [0.2, 0.25) is 0 Å². The molecule has 298 valence electrons. The van der Waals surface area contributed by atoms with Crippen molar-refractivity contribution in [3.63, 3.8) is 0 Å². The van der Waals surface area contributed by atoms with Gasteiger partial charge in [0.1, 0.15) is 11.5 Å². The molecule has 0 amide bonds. The van der Waals surface area contributed by atoms with Crippen LogP contribution in [0.2, 0.25) is 0 Å². The molecule has 0 fully saturated rings. The summed E-state index contributed by atoms with van der Waals surface area (Å²) in [6.45, 7) is 15.9. The lowest BCUT2D eigenvalue weighted by atomic mass is 9.82. The number of hydrogen-bond acceptors (Lipinski definition) is 6. The van der Waals surface area contributed by atoms with Gasteiger partial charge in [0.15, 0.2) is 0 Å². The molecule has 0 heterocycles. The quantitative estimate of drug-likeness (QED) is 0.0780. The lowest BCUT2D eigenvalue weighted by molar-refractivity contribution is -0.129. The molecule has 1 aliphatic carbocycles. The van der Waals surface area contributed by atoms with Gasteiger partial charge in [0.05, 0.1) is 0 Å². The van der Waals surface area contributed by atoms with Crippen molar-refractivity contribution in [2.45, 2.75) is 33.1 Å². The number of carbonyl (C=O) groups excluding carboxylic acids is 2. The first-order chi connectivity index (χ1) is 29.5. The van der Waals surface area contributed by atoms with Crippen molar-refractivity contribution in [1.82, 2.24) is 0 Å². The van der Waals surface area contributed by atoms with Crippen molar-refractivity contribution >= 4 is 67.6 Å². The Balaban J connectivity index is 1.11. The van der Waals surface area contributed by atoms with Crippen LogP contribution in [0, 0.1) is 13.8 Å². The second kappa shape index (κ2) is 15.5. The van der Waals surface area contributed by atoms with Gasteiger partial charge in [-0.25, -0.2) is 9.59 Å². The van der Waals surface area contributed by atoms with Crippen LogP contribution in [0.25, 0.3) is 32.7 Å². The van der Waals surface area contributed by atoms with Crippen LogP contribution < -0.4 is 19.3 Å². The van der Waals surface area contributed by atoms with Crippen molar-refractivity contribution < 1.29 is 19.1 Å². The molecule has 0 radical (unpaired) electrons. The van der Waals surface area contributed by atoms with Crippen LogP contribution in [0.4, 0.5) is 34.1 Å². The van der Waals surface area contributed by atoms with E-state index >= 15 is 0 Å². The lowest BCUT2D eigenvalue weighted by Crippen LogP contribution is -2.17. The number of ether oxygens (including phenoxy) is 2. The van der Waals surface area contributed by atoms with Gasteiger partial charge in [-0.3, -0.25) is 0 Å². The molecular weight excluding hydrogens is 753 g/mol. The Hall–Kier alpha value is -7.70. The van der Waals surface area contributed by atoms with Crippen molar-refractivity contribution in [3.8, 4) is 22.6 Å². The van der Waals surface area contributed by atoms with E-state index in [4.69, 9.17) is 9.47 Å². The Labute approximate surface area is 356 Å². The van der Waals surface area contributed by atoms with E-state index in [-0.39, 0.29) is 5.41 Å². The third-order valence-electron chi connectivity index (χ3n) is 11.6. The van der Waals surface area contributed by atoms with Crippen molar-refractivity contribution in [3.05, 3.63) is 205 Å². The highest BCUT2D eigenvalue weighted by Gasteiger charge is 2.37. The minimum Gasteiger partial charge on any atom is -0.423 e. The minimum absolute atomic E-state index is 0.320. The van der Waals surface area contributed by atoms with E-state index < -0.39 is 11.9 Å². The maximum Gasteiger partial charge on any atom is 0.335 e. The van der Waals surface area contributed by atoms with Crippen LogP contribution >= 0.6 is 0 Å². The number of fused-ring (bicyclic) bond motifs is 5. The van der Waals surface area contributed by atoms with Gasteiger partial charge < -0.3 is 19.3 Å².